The maximum atomic E-state index is 6.59. The Labute approximate surface area is 137 Å². The van der Waals surface area contributed by atoms with Gasteiger partial charge in [0.1, 0.15) is 12.6 Å². The van der Waals surface area contributed by atoms with Gasteiger partial charge in [0.15, 0.2) is 0 Å². The van der Waals surface area contributed by atoms with Gasteiger partial charge < -0.3 is 17.4 Å². The molecular weight excluding hydrogens is 327 g/mol. The standard InChI is InChI=1S/C16H10Cl2N2.ClH/c1-20-13-7-6-9(17)8-11(13)14(18)15-16(20)10-4-2-3-5-12(10)19-15;/h2-8H,1H3;1H. The molecule has 4 aromatic rings. The number of hydrogen-bond acceptors (Lipinski definition) is 0. The molecular formula is C16H11Cl3N2. The third kappa shape index (κ3) is 1.98. The molecule has 0 atom stereocenters. The quantitative estimate of drug-likeness (QED) is 0.470. The summed E-state index contributed by atoms with van der Waals surface area (Å²) in [7, 11) is 2.05. The van der Waals surface area contributed by atoms with E-state index in [1.807, 2.05) is 30.3 Å². The molecule has 2 heterocycles. The zero-order valence-corrected chi connectivity index (χ0v) is 13.4. The Morgan fingerprint density at radius 2 is 1.76 bits per heavy atom. The number of hydrogen-bond donors (Lipinski definition) is 1. The lowest BCUT2D eigenvalue weighted by Gasteiger charge is -2.02. The van der Waals surface area contributed by atoms with Crippen molar-refractivity contribution in [1.29, 1.82) is 0 Å². The van der Waals surface area contributed by atoms with E-state index in [0.717, 1.165) is 27.5 Å². The summed E-state index contributed by atoms with van der Waals surface area (Å²) in [4.78, 5) is 3.40. The Kier molecular flexibility index (Phi) is 3.48. The molecule has 2 aromatic heterocycles. The van der Waals surface area contributed by atoms with Crippen molar-refractivity contribution in [1.82, 2.24) is 4.98 Å². The molecule has 5 heteroatoms. The smallest absolute Gasteiger partial charge is 0.240 e. The van der Waals surface area contributed by atoms with Crippen LogP contribution in [0.15, 0.2) is 42.5 Å². The Morgan fingerprint density at radius 1 is 1.00 bits per heavy atom. The van der Waals surface area contributed by atoms with Crippen LogP contribution in [0.3, 0.4) is 0 Å². The monoisotopic (exact) mass is 336 g/mol. The van der Waals surface area contributed by atoms with Crippen LogP contribution in [0.1, 0.15) is 0 Å². The molecule has 0 saturated heterocycles. The summed E-state index contributed by atoms with van der Waals surface area (Å²) >= 11 is 12.7. The van der Waals surface area contributed by atoms with Crippen molar-refractivity contribution in [2.75, 3.05) is 0 Å². The summed E-state index contributed by atoms with van der Waals surface area (Å²) in [6, 6.07) is 14.0. The number of fused-ring (bicyclic) bond motifs is 4. The van der Waals surface area contributed by atoms with Gasteiger partial charge in [-0.2, -0.15) is 4.57 Å². The SMILES string of the molecule is C[n+]1c2ccc(Cl)cc2c(Cl)c2[nH]c3ccccc3c21.[Cl-]. The van der Waals surface area contributed by atoms with Gasteiger partial charge >= 0.3 is 0 Å². The molecule has 0 aliphatic rings. The van der Waals surface area contributed by atoms with E-state index in [4.69, 9.17) is 23.2 Å². The normalized spacial score (nSPS) is 11.2. The summed E-state index contributed by atoms with van der Waals surface area (Å²) in [6.07, 6.45) is 0. The van der Waals surface area contributed by atoms with Crippen molar-refractivity contribution in [3.63, 3.8) is 0 Å². The molecule has 2 aromatic carbocycles. The second-order valence-electron chi connectivity index (χ2n) is 4.93. The first-order valence-electron chi connectivity index (χ1n) is 6.34. The third-order valence-electron chi connectivity index (χ3n) is 3.79. The number of nitrogens with zero attached hydrogens (tertiary/aromatic N) is 1. The number of para-hydroxylation sites is 1. The molecule has 4 rings (SSSR count). The van der Waals surface area contributed by atoms with Crippen molar-refractivity contribution in [3.8, 4) is 0 Å². The van der Waals surface area contributed by atoms with Crippen LogP contribution < -0.4 is 17.0 Å². The van der Waals surface area contributed by atoms with E-state index in [2.05, 4.69) is 28.7 Å². The number of pyridine rings is 1. The largest absolute Gasteiger partial charge is 1.00 e. The Hall–Kier alpha value is -1.48. The minimum atomic E-state index is 0. The number of aromatic nitrogens is 2. The number of nitrogens with one attached hydrogen (secondary N) is 1. The number of benzene rings is 2. The van der Waals surface area contributed by atoms with Crippen LogP contribution in [0, 0.1) is 0 Å². The van der Waals surface area contributed by atoms with Gasteiger partial charge in [-0.3, -0.25) is 0 Å². The van der Waals surface area contributed by atoms with E-state index >= 15 is 0 Å². The minimum Gasteiger partial charge on any atom is -1.00 e. The lowest BCUT2D eigenvalue weighted by Crippen LogP contribution is -3.00. The van der Waals surface area contributed by atoms with Gasteiger partial charge in [-0.25, -0.2) is 0 Å². The van der Waals surface area contributed by atoms with Gasteiger partial charge in [-0.15, -0.1) is 0 Å². The van der Waals surface area contributed by atoms with Crippen molar-refractivity contribution < 1.29 is 17.0 Å². The maximum absolute atomic E-state index is 6.59. The molecule has 0 unspecified atom stereocenters. The first kappa shape index (κ1) is 14.5. The van der Waals surface area contributed by atoms with Crippen LogP contribution in [-0.4, -0.2) is 4.98 Å². The average Bonchev–Trinajstić information content (AvgIpc) is 2.84. The van der Waals surface area contributed by atoms with Crippen LogP contribution in [0.2, 0.25) is 10.0 Å². The molecule has 0 bridgehead atoms. The molecule has 0 fully saturated rings. The first-order valence-corrected chi connectivity index (χ1v) is 7.09. The Bertz CT molecular complexity index is 989. The fourth-order valence-electron chi connectivity index (χ4n) is 2.87. The number of rotatable bonds is 0. The number of halogens is 3. The van der Waals surface area contributed by atoms with Crippen LogP contribution in [0.4, 0.5) is 0 Å². The van der Waals surface area contributed by atoms with E-state index < -0.39 is 0 Å². The Morgan fingerprint density at radius 3 is 2.57 bits per heavy atom. The fraction of sp³-hybridized carbons (Fsp3) is 0.0625. The van der Waals surface area contributed by atoms with E-state index in [-0.39, 0.29) is 12.4 Å². The highest BCUT2D eigenvalue weighted by atomic mass is 35.5. The third-order valence-corrected chi connectivity index (χ3v) is 4.42. The van der Waals surface area contributed by atoms with E-state index in [0.29, 0.717) is 10.0 Å². The van der Waals surface area contributed by atoms with Gasteiger partial charge in [0.05, 0.1) is 21.3 Å². The maximum Gasteiger partial charge on any atom is 0.240 e. The summed E-state index contributed by atoms with van der Waals surface area (Å²) in [5.74, 6) is 0. The zero-order chi connectivity index (χ0) is 13.9. The van der Waals surface area contributed by atoms with Crippen LogP contribution in [0.25, 0.3) is 32.8 Å². The van der Waals surface area contributed by atoms with Crippen molar-refractivity contribution in [2.45, 2.75) is 0 Å². The van der Waals surface area contributed by atoms with Crippen LogP contribution >= 0.6 is 23.2 Å². The molecule has 1 N–H and O–H groups in total. The topological polar surface area (TPSA) is 19.7 Å². The van der Waals surface area contributed by atoms with Gasteiger partial charge in [0.25, 0.3) is 0 Å². The fourth-order valence-corrected chi connectivity index (χ4v) is 3.33. The first-order chi connectivity index (χ1) is 9.66. The predicted octanol–water partition coefficient (Wildman–Crippen LogP) is 1.61. The van der Waals surface area contributed by atoms with E-state index in [1.54, 1.807) is 0 Å². The summed E-state index contributed by atoms with van der Waals surface area (Å²) in [6.45, 7) is 0. The predicted molar refractivity (Wildman–Crippen MR) is 84.5 cm³/mol. The van der Waals surface area contributed by atoms with Gasteiger partial charge in [-0.1, -0.05) is 35.3 Å². The average molecular weight is 338 g/mol. The van der Waals surface area contributed by atoms with Gasteiger partial charge in [-0.05, 0) is 24.3 Å². The van der Waals surface area contributed by atoms with Crippen LogP contribution in [0.5, 0.6) is 0 Å². The zero-order valence-electron chi connectivity index (χ0n) is 11.1. The highest BCUT2D eigenvalue weighted by molar-refractivity contribution is 6.41. The lowest BCUT2D eigenvalue weighted by molar-refractivity contribution is -0.616. The summed E-state index contributed by atoms with van der Waals surface area (Å²) < 4.78 is 2.16. The molecule has 0 saturated carbocycles. The highest BCUT2D eigenvalue weighted by Crippen LogP contribution is 2.33. The number of aryl methyl sites for hydroxylation is 1. The van der Waals surface area contributed by atoms with E-state index in [1.165, 1.54) is 5.39 Å². The molecule has 21 heavy (non-hydrogen) atoms. The second kappa shape index (κ2) is 5.06. The van der Waals surface area contributed by atoms with Crippen LogP contribution in [-0.2, 0) is 7.05 Å². The molecule has 0 spiro atoms. The van der Waals surface area contributed by atoms with Crippen molar-refractivity contribution >= 4 is 56.0 Å². The summed E-state index contributed by atoms with van der Waals surface area (Å²) in [5.41, 5.74) is 4.21. The van der Waals surface area contributed by atoms with Gasteiger partial charge in [0, 0.05) is 11.1 Å². The molecule has 0 aliphatic carbocycles. The Balaban J connectivity index is 0.00000132. The molecule has 0 aliphatic heterocycles. The molecule has 106 valence electrons. The molecule has 2 nitrogen and oxygen atoms in total. The van der Waals surface area contributed by atoms with Crippen molar-refractivity contribution in [2.24, 2.45) is 7.05 Å². The minimum absolute atomic E-state index is 0. The van der Waals surface area contributed by atoms with E-state index in [9.17, 15) is 0 Å². The molecule has 0 amide bonds. The lowest BCUT2D eigenvalue weighted by atomic mass is 10.1. The molecule has 0 radical (unpaired) electrons. The van der Waals surface area contributed by atoms with Crippen molar-refractivity contribution in [3.05, 3.63) is 52.5 Å². The summed E-state index contributed by atoms with van der Waals surface area (Å²) in [5, 5.41) is 3.53. The number of H-pyrrole nitrogens is 1. The number of aromatic amines is 1. The second-order valence-corrected chi connectivity index (χ2v) is 5.74. The highest BCUT2D eigenvalue weighted by Gasteiger charge is 2.21. The van der Waals surface area contributed by atoms with Gasteiger partial charge in [0.2, 0.25) is 11.0 Å².